The van der Waals surface area contributed by atoms with Gasteiger partial charge in [0.15, 0.2) is 0 Å². The first-order chi connectivity index (χ1) is 13.3. The van der Waals surface area contributed by atoms with E-state index in [-0.39, 0.29) is 6.10 Å². The molecular weight excluding hydrogens is 352 g/mol. The van der Waals surface area contributed by atoms with E-state index in [0.29, 0.717) is 39.6 Å². The van der Waals surface area contributed by atoms with Crippen LogP contribution in [0.3, 0.4) is 0 Å². The van der Waals surface area contributed by atoms with Crippen molar-refractivity contribution in [1.82, 2.24) is 21.3 Å². The van der Waals surface area contributed by atoms with Crippen LogP contribution in [0.4, 0.5) is 0 Å². The van der Waals surface area contributed by atoms with Crippen LogP contribution in [0.5, 0.6) is 0 Å². The van der Waals surface area contributed by atoms with Gasteiger partial charge in [-0.25, -0.2) is 0 Å². The van der Waals surface area contributed by atoms with Gasteiger partial charge >= 0.3 is 0 Å². The van der Waals surface area contributed by atoms with Crippen LogP contribution in [-0.4, -0.2) is 119 Å². The second kappa shape index (κ2) is 23.7. The fourth-order valence-corrected chi connectivity index (χ4v) is 1.99. The molecule has 27 heavy (non-hydrogen) atoms. The van der Waals surface area contributed by atoms with E-state index in [1.54, 1.807) is 7.11 Å². The lowest BCUT2D eigenvalue weighted by molar-refractivity contribution is -0.0397. The summed E-state index contributed by atoms with van der Waals surface area (Å²) in [6.07, 6.45) is -0.0419. The average Bonchev–Trinajstić information content (AvgIpc) is 2.69. The summed E-state index contributed by atoms with van der Waals surface area (Å²) < 4.78 is 27.5. The van der Waals surface area contributed by atoms with E-state index in [2.05, 4.69) is 21.3 Å². The predicted octanol–water partition coefficient (Wildman–Crippen LogP) is -1.31. The second-order valence-electron chi connectivity index (χ2n) is 5.94. The lowest BCUT2D eigenvalue weighted by Gasteiger charge is -2.16. The van der Waals surface area contributed by atoms with E-state index in [1.807, 2.05) is 14.1 Å². The van der Waals surface area contributed by atoms with Crippen molar-refractivity contribution in [3.63, 3.8) is 0 Å². The van der Waals surface area contributed by atoms with E-state index < -0.39 is 0 Å². The molecule has 0 fully saturated rings. The first kappa shape index (κ1) is 26.6. The predicted molar refractivity (Wildman–Crippen MR) is 108 cm³/mol. The fourth-order valence-electron chi connectivity index (χ4n) is 1.99. The standard InChI is InChI=1S/C18H42N4O5/c1-19-4-10-24-12-6-21-8-14-26-16-18(23-3)17-27-15-9-22-7-13-25-11-5-20-2/h18-22H,4-17H2,1-3H3. The average molecular weight is 395 g/mol. The normalized spacial score (nSPS) is 11.6. The van der Waals surface area contributed by atoms with Crippen LogP contribution < -0.4 is 21.3 Å². The molecule has 0 unspecified atom stereocenters. The largest absolute Gasteiger partial charge is 0.379 e. The van der Waals surface area contributed by atoms with Crippen LogP contribution >= 0.6 is 0 Å². The molecule has 0 aromatic rings. The van der Waals surface area contributed by atoms with Gasteiger partial charge < -0.3 is 45.0 Å². The molecule has 0 heterocycles. The van der Waals surface area contributed by atoms with Gasteiger partial charge in [-0.3, -0.25) is 0 Å². The summed E-state index contributed by atoms with van der Waals surface area (Å²) in [6, 6.07) is 0. The molecule has 4 N–H and O–H groups in total. The number of ether oxygens (including phenoxy) is 5. The molecule has 9 heteroatoms. The first-order valence-corrected chi connectivity index (χ1v) is 9.89. The van der Waals surface area contributed by atoms with Gasteiger partial charge in [0.25, 0.3) is 0 Å². The number of likely N-dealkylation sites (N-methyl/N-ethyl adjacent to an activating group) is 2. The number of methoxy groups -OCH3 is 1. The summed E-state index contributed by atoms with van der Waals surface area (Å²) in [5.41, 5.74) is 0. The Kier molecular flexibility index (Phi) is 23.4. The summed E-state index contributed by atoms with van der Waals surface area (Å²) in [6.45, 7) is 10.3. The molecule has 0 rings (SSSR count). The maximum absolute atomic E-state index is 5.62. The highest BCUT2D eigenvalue weighted by Gasteiger charge is 2.07. The van der Waals surface area contributed by atoms with Crippen LogP contribution in [-0.2, 0) is 23.7 Å². The van der Waals surface area contributed by atoms with Gasteiger partial charge in [0.1, 0.15) is 6.10 Å². The van der Waals surface area contributed by atoms with Gasteiger partial charge in [0.05, 0.1) is 52.9 Å². The van der Waals surface area contributed by atoms with Gasteiger partial charge in [-0.2, -0.15) is 0 Å². The SMILES string of the molecule is CNCCOCCNCCOCC(COCCNCCOCCNC)OC. The van der Waals surface area contributed by atoms with Crippen molar-refractivity contribution in [3.8, 4) is 0 Å². The minimum atomic E-state index is -0.0419. The van der Waals surface area contributed by atoms with Crippen molar-refractivity contribution >= 4 is 0 Å². The quantitative estimate of drug-likeness (QED) is 0.158. The maximum Gasteiger partial charge on any atom is 0.104 e. The highest BCUT2D eigenvalue weighted by Crippen LogP contribution is 1.93. The molecule has 0 aliphatic carbocycles. The number of nitrogens with one attached hydrogen (secondary N) is 4. The Bertz CT molecular complexity index is 254. The van der Waals surface area contributed by atoms with Gasteiger partial charge in [0.2, 0.25) is 0 Å². The molecular formula is C18H42N4O5. The number of rotatable bonds is 23. The van der Waals surface area contributed by atoms with Crippen LogP contribution in [0.25, 0.3) is 0 Å². The highest BCUT2D eigenvalue weighted by molar-refractivity contribution is 4.56. The Morgan fingerprint density at radius 2 is 0.926 bits per heavy atom. The van der Waals surface area contributed by atoms with E-state index in [1.165, 1.54) is 0 Å². The van der Waals surface area contributed by atoms with E-state index in [9.17, 15) is 0 Å². The van der Waals surface area contributed by atoms with Gasteiger partial charge in [-0.1, -0.05) is 0 Å². The Labute approximate surface area is 165 Å². The number of hydrogen-bond acceptors (Lipinski definition) is 9. The molecule has 9 nitrogen and oxygen atoms in total. The molecule has 0 aromatic heterocycles. The zero-order chi connectivity index (χ0) is 19.8. The summed E-state index contributed by atoms with van der Waals surface area (Å²) in [5.74, 6) is 0. The second-order valence-corrected chi connectivity index (χ2v) is 5.94. The topological polar surface area (TPSA) is 94.3 Å². The lowest BCUT2D eigenvalue weighted by Crippen LogP contribution is -2.30. The smallest absolute Gasteiger partial charge is 0.104 e. The van der Waals surface area contributed by atoms with Gasteiger partial charge in [0, 0.05) is 46.4 Å². The lowest BCUT2D eigenvalue weighted by atomic mass is 10.4. The Balaban J connectivity index is 3.28. The van der Waals surface area contributed by atoms with Crippen molar-refractivity contribution in [1.29, 1.82) is 0 Å². The van der Waals surface area contributed by atoms with Crippen LogP contribution in [0.15, 0.2) is 0 Å². The minimum absolute atomic E-state index is 0.0419. The highest BCUT2D eigenvalue weighted by atomic mass is 16.6. The van der Waals surface area contributed by atoms with Crippen molar-refractivity contribution in [2.45, 2.75) is 6.10 Å². The van der Waals surface area contributed by atoms with Gasteiger partial charge in [-0.05, 0) is 14.1 Å². The third-order valence-corrected chi connectivity index (χ3v) is 3.63. The maximum atomic E-state index is 5.62. The van der Waals surface area contributed by atoms with Crippen molar-refractivity contribution in [2.75, 3.05) is 113 Å². The summed E-state index contributed by atoms with van der Waals surface area (Å²) >= 11 is 0. The summed E-state index contributed by atoms with van der Waals surface area (Å²) in [7, 11) is 5.51. The Hall–Kier alpha value is -0.360. The van der Waals surface area contributed by atoms with Gasteiger partial charge in [-0.15, -0.1) is 0 Å². The fraction of sp³-hybridized carbons (Fsp3) is 1.00. The molecule has 0 bridgehead atoms. The molecule has 0 amide bonds. The molecule has 0 aliphatic heterocycles. The number of hydrogen-bond donors (Lipinski definition) is 4. The van der Waals surface area contributed by atoms with Crippen molar-refractivity contribution < 1.29 is 23.7 Å². The molecule has 0 atom stereocenters. The molecule has 164 valence electrons. The molecule has 0 saturated carbocycles. The van der Waals surface area contributed by atoms with E-state index in [0.717, 1.165) is 52.5 Å². The third kappa shape index (κ3) is 21.8. The molecule has 0 aliphatic rings. The monoisotopic (exact) mass is 394 g/mol. The molecule has 0 saturated heterocycles. The molecule has 0 radical (unpaired) electrons. The van der Waals surface area contributed by atoms with Crippen LogP contribution in [0.1, 0.15) is 0 Å². The van der Waals surface area contributed by atoms with E-state index >= 15 is 0 Å². The Morgan fingerprint density at radius 3 is 1.30 bits per heavy atom. The molecule has 0 spiro atoms. The first-order valence-electron chi connectivity index (χ1n) is 9.89. The van der Waals surface area contributed by atoms with Crippen molar-refractivity contribution in [3.05, 3.63) is 0 Å². The summed E-state index contributed by atoms with van der Waals surface area (Å²) in [5, 5.41) is 12.6. The third-order valence-electron chi connectivity index (χ3n) is 3.63. The van der Waals surface area contributed by atoms with Crippen LogP contribution in [0, 0.1) is 0 Å². The summed E-state index contributed by atoms with van der Waals surface area (Å²) in [4.78, 5) is 0. The Morgan fingerprint density at radius 1 is 0.556 bits per heavy atom. The zero-order valence-electron chi connectivity index (χ0n) is 17.5. The zero-order valence-corrected chi connectivity index (χ0v) is 17.5. The van der Waals surface area contributed by atoms with Crippen molar-refractivity contribution in [2.24, 2.45) is 0 Å². The van der Waals surface area contributed by atoms with Crippen LogP contribution in [0.2, 0.25) is 0 Å². The minimum Gasteiger partial charge on any atom is -0.379 e. The molecule has 0 aromatic carbocycles. The van der Waals surface area contributed by atoms with E-state index in [4.69, 9.17) is 23.7 Å².